The van der Waals surface area contributed by atoms with E-state index < -0.39 is 0 Å². The lowest BCUT2D eigenvalue weighted by molar-refractivity contribution is -0.706. The number of quaternary nitrogens is 1. The van der Waals surface area contributed by atoms with Gasteiger partial charge < -0.3 is 15.2 Å². The lowest BCUT2D eigenvalue weighted by atomic mass is 10.2. The first kappa shape index (κ1) is 13.7. The molecule has 0 fully saturated rings. The van der Waals surface area contributed by atoms with Crippen molar-refractivity contribution in [3.05, 3.63) is 42.5 Å². The van der Waals surface area contributed by atoms with Crippen molar-refractivity contribution in [2.24, 2.45) is 0 Å². The summed E-state index contributed by atoms with van der Waals surface area (Å²) in [6, 6.07) is 8.32. The quantitative estimate of drug-likeness (QED) is 0.664. The molecule has 0 saturated carbocycles. The summed E-state index contributed by atoms with van der Waals surface area (Å²) in [7, 11) is 0. The molecule has 3 heteroatoms. The monoisotopic (exact) mass is 236 g/mol. The number of hydrogen-bond donors (Lipinski definition) is 2. The van der Waals surface area contributed by atoms with Crippen LogP contribution in [0.2, 0.25) is 0 Å². The predicted octanol–water partition coefficient (Wildman–Crippen LogP) is 1.09. The second kappa shape index (κ2) is 7.87. The molecule has 0 aliphatic carbocycles. The van der Waals surface area contributed by atoms with E-state index in [1.807, 2.05) is 18.2 Å². The van der Waals surface area contributed by atoms with Crippen LogP contribution >= 0.6 is 0 Å². The van der Waals surface area contributed by atoms with Crippen molar-refractivity contribution in [1.82, 2.24) is 0 Å². The van der Waals surface area contributed by atoms with E-state index in [4.69, 9.17) is 9.84 Å². The first-order valence-electron chi connectivity index (χ1n) is 6.07. The maximum absolute atomic E-state index is 9.11. The van der Waals surface area contributed by atoms with E-state index in [0.717, 1.165) is 18.7 Å². The Balaban J connectivity index is 2.50. The Labute approximate surface area is 103 Å². The van der Waals surface area contributed by atoms with Gasteiger partial charge in [0, 0.05) is 5.56 Å². The van der Waals surface area contributed by atoms with Gasteiger partial charge in [-0.25, -0.2) is 0 Å². The Bertz CT molecular complexity index is 335. The maximum Gasteiger partial charge on any atom is 0.120 e. The van der Waals surface area contributed by atoms with Crippen molar-refractivity contribution < 1.29 is 15.2 Å². The fourth-order valence-electron chi connectivity index (χ4n) is 1.59. The molecular weight excluding hydrogens is 214 g/mol. The van der Waals surface area contributed by atoms with Crippen LogP contribution in [-0.2, 0) is 6.54 Å². The first-order valence-corrected chi connectivity index (χ1v) is 6.07. The summed E-state index contributed by atoms with van der Waals surface area (Å²) in [6.07, 6.45) is 2.71. The van der Waals surface area contributed by atoms with Gasteiger partial charge in [0.1, 0.15) is 24.9 Å². The van der Waals surface area contributed by atoms with Crippen LogP contribution in [0.25, 0.3) is 0 Å². The molecule has 0 bridgehead atoms. The molecule has 1 aromatic carbocycles. The summed E-state index contributed by atoms with van der Waals surface area (Å²) in [5.41, 5.74) is 1.21. The molecule has 1 aromatic rings. The highest BCUT2D eigenvalue weighted by Crippen LogP contribution is 2.12. The molecule has 94 valence electrons. The van der Waals surface area contributed by atoms with Crippen molar-refractivity contribution in [3.63, 3.8) is 0 Å². The fraction of sp³-hybridized carbons (Fsp3) is 0.429. The lowest BCUT2D eigenvalue weighted by Crippen LogP contribution is -2.89. The van der Waals surface area contributed by atoms with E-state index in [1.165, 1.54) is 5.56 Å². The minimum atomic E-state index is 0.225. The normalized spacial score (nSPS) is 12.1. The molecule has 0 radical (unpaired) electrons. The van der Waals surface area contributed by atoms with Gasteiger partial charge in [0.2, 0.25) is 0 Å². The van der Waals surface area contributed by atoms with E-state index in [9.17, 15) is 0 Å². The zero-order valence-corrected chi connectivity index (χ0v) is 10.4. The third-order valence-electron chi connectivity index (χ3n) is 2.71. The Morgan fingerprint density at radius 2 is 2.35 bits per heavy atom. The fourth-order valence-corrected chi connectivity index (χ4v) is 1.59. The number of hydrogen-bond acceptors (Lipinski definition) is 2. The van der Waals surface area contributed by atoms with Crippen LogP contribution in [0.1, 0.15) is 18.9 Å². The van der Waals surface area contributed by atoms with Gasteiger partial charge in [-0.05, 0) is 18.6 Å². The highest BCUT2D eigenvalue weighted by atomic mass is 16.5. The van der Waals surface area contributed by atoms with Crippen LogP contribution in [0.3, 0.4) is 0 Å². The Morgan fingerprint density at radius 1 is 1.53 bits per heavy atom. The average Bonchev–Trinajstić information content (AvgIpc) is 2.38. The highest BCUT2D eigenvalue weighted by molar-refractivity contribution is 5.28. The summed E-state index contributed by atoms with van der Waals surface area (Å²) in [5.74, 6) is 0.868. The molecule has 17 heavy (non-hydrogen) atoms. The molecule has 3 N–H and O–H groups in total. The van der Waals surface area contributed by atoms with Gasteiger partial charge in [0.15, 0.2) is 0 Å². The van der Waals surface area contributed by atoms with Crippen molar-refractivity contribution in [1.29, 1.82) is 0 Å². The van der Waals surface area contributed by atoms with Gasteiger partial charge in [-0.3, -0.25) is 0 Å². The van der Waals surface area contributed by atoms with Gasteiger partial charge in [-0.15, -0.1) is 0 Å². The molecule has 0 amide bonds. The van der Waals surface area contributed by atoms with Crippen LogP contribution in [0, 0.1) is 0 Å². The van der Waals surface area contributed by atoms with Gasteiger partial charge in [-0.1, -0.05) is 31.7 Å². The van der Waals surface area contributed by atoms with Crippen molar-refractivity contribution in [2.75, 3.05) is 13.2 Å². The molecule has 3 nitrogen and oxygen atoms in total. The summed E-state index contributed by atoms with van der Waals surface area (Å²) in [6.45, 7) is 7.33. The number of aliphatic hydroxyl groups is 1. The number of aliphatic hydroxyl groups excluding tert-OH is 1. The Kier molecular flexibility index (Phi) is 6.37. The Morgan fingerprint density at radius 3 is 3.00 bits per heavy atom. The van der Waals surface area contributed by atoms with E-state index in [-0.39, 0.29) is 12.6 Å². The van der Waals surface area contributed by atoms with Crippen LogP contribution in [0.4, 0.5) is 0 Å². The number of nitrogens with two attached hydrogens (primary N) is 1. The number of ether oxygens (including phenoxy) is 1. The zero-order chi connectivity index (χ0) is 12.5. The highest BCUT2D eigenvalue weighted by Gasteiger charge is 2.07. The van der Waals surface area contributed by atoms with E-state index in [1.54, 1.807) is 6.08 Å². The molecular formula is C14H22NO2+. The second-order valence-corrected chi connectivity index (χ2v) is 4.04. The van der Waals surface area contributed by atoms with Crippen molar-refractivity contribution in [2.45, 2.75) is 25.9 Å². The molecule has 0 aliphatic heterocycles. The molecule has 0 unspecified atom stereocenters. The van der Waals surface area contributed by atoms with Crippen LogP contribution in [0.15, 0.2) is 36.9 Å². The topological polar surface area (TPSA) is 46.1 Å². The molecule has 0 aliphatic rings. The van der Waals surface area contributed by atoms with E-state index in [0.29, 0.717) is 6.61 Å². The maximum atomic E-state index is 9.11. The summed E-state index contributed by atoms with van der Waals surface area (Å²) in [4.78, 5) is 0. The van der Waals surface area contributed by atoms with Gasteiger partial charge in [-0.2, -0.15) is 0 Å². The molecule has 0 heterocycles. The summed E-state index contributed by atoms with van der Waals surface area (Å²) >= 11 is 0. The largest absolute Gasteiger partial charge is 0.490 e. The minimum absolute atomic E-state index is 0.225. The first-order chi connectivity index (χ1) is 8.30. The molecule has 0 aromatic heterocycles. The van der Waals surface area contributed by atoms with Gasteiger partial charge in [0.05, 0.1) is 6.61 Å². The van der Waals surface area contributed by atoms with Crippen molar-refractivity contribution >= 4 is 0 Å². The SMILES string of the molecule is C=CCOc1cccc(C[NH2+][C@@H](CC)CO)c1. The van der Waals surface area contributed by atoms with E-state index >= 15 is 0 Å². The van der Waals surface area contributed by atoms with Crippen molar-refractivity contribution in [3.8, 4) is 5.75 Å². The third-order valence-corrected chi connectivity index (χ3v) is 2.71. The van der Waals surface area contributed by atoms with Gasteiger partial charge in [0.25, 0.3) is 0 Å². The Hall–Kier alpha value is -1.32. The minimum Gasteiger partial charge on any atom is -0.490 e. The molecule has 1 rings (SSSR count). The zero-order valence-electron chi connectivity index (χ0n) is 10.4. The lowest BCUT2D eigenvalue weighted by Gasteiger charge is -2.11. The molecule has 0 spiro atoms. The third kappa shape index (κ3) is 5.02. The average molecular weight is 236 g/mol. The smallest absolute Gasteiger partial charge is 0.120 e. The second-order valence-electron chi connectivity index (χ2n) is 4.04. The van der Waals surface area contributed by atoms with Gasteiger partial charge >= 0.3 is 0 Å². The van der Waals surface area contributed by atoms with E-state index in [2.05, 4.69) is 24.9 Å². The summed E-state index contributed by atoms with van der Waals surface area (Å²) in [5, 5.41) is 11.3. The van der Waals surface area contributed by atoms with Crippen LogP contribution < -0.4 is 10.1 Å². The van der Waals surface area contributed by atoms with Crippen LogP contribution in [-0.4, -0.2) is 24.4 Å². The molecule has 0 saturated heterocycles. The number of rotatable bonds is 8. The number of benzene rings is 1. The predicted molar refractivity (Wildman–Crippen MR) is 68.9 cm³/mol. The molecule has 1 atom stereocenters. The van der Waals surface area contributed by atoms with Crippen LogP contribution in [0.5, 0.6) is 5.75 Å². The standard InChI is InChI=1S/C14H21NO2/c1-3-8-17-14-7-5-6-12(9-14)10-15-13(4-2)11-16/h3,5-7,9,13,15-16H,1,4,8,10-11H2,2H3/p+1/t13-/m0/s1. The summed E-state index contributed by atoms with van der Waals surface area (Å²) < 4.78 is 5.47.